The Morgan fingerprint density at radius 3 is 2.67 bits per heavy atom. The molecule has 9 nitrogen and oxygen atoms in total. The Morgan fingerprint density at radius 1 is 1.30 bits per heavy atom. The number of aromatic nitrogens is 3. The van der Waals surface area contributed by atoms with Gasteiger partial charge in [-0.1, -0.05) is 11.6 Å². The number of carbonyl (C=O) groups is 2. The first kappa shape index (κ1) is 25.2. The molecule has 0 spiro atoms. The Labute approximate surface area is 198 Å². The van der Waals surface area contributed by atoms with E-state index in [-0.39, 0.29) is 35.1 Å². The molecule has 3 rings (SSSR count). The van der Waals surface area contributed by atoms with E-state index >= 15 is 0 Å². The Morgan fingerprint density at radius 2 is 2.03 bits per heavy atom. The van der Waals surface area contributed by atoms with Crippen LogP contribution in [-0.4, -0.2) is 66.3 Å². The van der Waals surface area contributed by atoms with Gasteiger partial charge in [0.05, 0.1) is 29.8 Å². The van der Waals surface area contributed by atoms with Gasteiger partial charge in [0.15, 0.2) is 16.4 Å². The van der Waals surface area contributed by atoms with E-state index in [0.29, 0.717) is 36.4 Å². The normalized spacial score (nSPS) is 17.7. The maximum absolute atomic E-state index is 12.6. The minimum Gasteiger partial charge on any atom is -0.454 e. The number of Topliss-reactive ketones (excluding diaryl/α,β-unsaturated/α-hetero) is 1. The Bertz CT molecular complexity index is 1200. The maximum atomic E-state index is 12.6. The highest BCUT2D eigenvalue weighted by Gasteiger charge is 2.31. The van der Waals surface area contributed by atoms with Crippen LogP contribution in [0, 0.1) is 20.8 Å². The van der Waals surface area contributed by atoms with Crippen LogP contribution in [0.4, 0.5) is 0 Å². The number of carbonyl (C=O) groups excluding carboxylic acids is 2. The lowest BCUT2D eigenvalue weighted by Crippen LogP contribution is -2.14. The van der Waals surface area contributed by atoms with Gasteiger partial charge in [-0.05, 0) is 39.3 Å². The summed E-state index contributed by atoms with van der Waals surface area (Å²) in [6.45, 7) is 6.24. The Kier molecular flexibility index (Phi) is 7.81. The van der Waals surface area contributed by atoms with Crippen molar-refractivity contribution < 1.29 is 27.5 Å². The summed E-state index contributed by atoms with van der Waals surface area (Å²) in [6, 6.07) is 1.45. The van der Waals surface area contributed by atoms with E-state index in [9.17, 15) is 18.0 Å². The fourth-order valence-corrected chi connectivity index (χ4v) is 6.02. The summed E-state index contributed by atoms with van der Waals surface area (Å²) in [7, 11) is -1.47. The molecule has 0 aliphatic carbocycles. The van der Waals surface area contributed by atoms with E-state index in [1.54, 1.807) is 20.1 Å². The van der Waals surface area contributed by atoms with E-state index in [2.05, 4.69) is 5.10 Å². The van der Waals surface area contributed by atoms with Crippen LogP contribution in [0.5, 0.6) is 0 Å². The van der Waals surface area contributed by atoms with Gasteiger partial charge < -0.3 is 14.0 Å². The minimum absolute atomic E-state index is 0.00671. The van der Waals surface area contributed by atoms with Crippen LogP contribution in [0.25, 0.3) is 6.08 Å². The van der Waals surface area contributed by atoms with Crippen LogP contribution >= 0.6 is 11.6 Å². The van der Waals surface area contributed by atoms with E-state index in [1.165, 1.54) is 16.8 Å². The molecule has 0 bridgehead atoms. The van der Waals surface area contributed by atoms with Crippen molar-refractivity contribution in [3.63, 3.8) is 0 Å². The lowest BCUT2D eigenvalue weighted by molar-refractivity contribution is -0.136. The van der Waals surface area contributed by atoms with Crippen molar-refractivity contribution in [1.82, 2.24) is 14.3 Å². The number of ketones is 1. The van der Waals surface area contributed by atoms with E-state index in [4.69, 9.17) is 21.1 Å². The standard InChI is InChI=1S/C22H28ClN3O6S/c1-14-11-19(16(3)25(14)8-9-31-4)20(27)12-32-21(28)6-5-18-15(2)24-26(22(18)23)17-7-10-33(29,30)13-17/h5-6,11,17H,7-10,12-13H2,1-4H3/b6-5+. The predicted molar refractivity (Wildman–Crippen MR) is 124 cm³/mol. The molecular formula is C22H28ClN3O6S. The zero-order chi connectivity index (χ0) is 24.3. The number of halogens is 1. The molecule has 3 heterocycles. The molecule has 0 aromatic carbocycles. The first-order chi connectivity index (χ1) is 15.5. The summed E-state index contributed by atoms with van der Waals surface area (Å²) in [6.07, 6.45) is 3.09. The number of ether oxygens (including phenoxy) is 2. The Balaban J connectivity index is 1.63. The third-order valence-electron chi connectivity index (χ3n) is 5.75. The number of nitrogens with zero attached hydrogens (tertiary/aromatic N) is 3. The molecule has 11 heteroatoms. The lowest BCUT2D eigenvalue weighted by atomic mass is 10.1. The highest BCUT2D eigenvalue weighted by molar-refractivity contribution is 7.91. The first-order valence-electron chi connectivity index (χ1n) is 10.5. The van der Waals surface area contributed by atoms with Gasteiger partial charge in [-0.15, -0.1) is 0 Å². The molecule has 1 fully saturated rings. The van der Waals surface area contributed by atoms with Crippen LogP contribution in [-0.2, 0) is 30.7 Å². The van der Waals surface area contributed by atoms with Gasteiger partial charge in [0.1, 0.15) is 5.15 Å². The molecule has 0 N–H and O–H groups in total. The van der Waals surface area contributed by atoms with Crippen molar-refractivity contribution in [2.24, 2.45) is 0 Å². The summed E-state index contributed by atoms with van der Waals surface area (Å²) >= 11 is 6.40. The fraction of sp³-hybridized carbons (Fsp3) is 0.500. The molecule has 0 radical (unpaired) electrons. The molecule has 1 aliphatic heterocycles. The SMILES string of the molecule is COCCn1c(C)cc(C(=O)COC(=O)/C=C/c2c(C)nn(C3CCS(=O)(=O)C3)c2Cl)c1C. The summed E-state index contributed by atoms with van der Waals surface area (Å²) in [5.41, 5.74) is 3.30. The van der Waals surface area contributed by atoms with Crippen LogP contribution in [0.2, 0.25) is 5.15 Å². The summed E-state index contributed by atoms with van der Waals surface area (Å²) < 4.78 is 37.2. The summed E-state index contributed by atoms with van der Waals surface area (Å²) in [4.78, 5) is 24.8. The van der Waals surface area contributed by atoms with E-state index in [0.717, 1.165) is 11.4 Å². The zero-order valence-electron chi connectivity index (χ0n) is 19.1. The summed E-state index contributed by atoms with van der Waals surface area (Å²) in [5, 5.41) is 4.60. The smallest absolute Gasteiger partial charge is 0.331 e. The monoisotopic (exact) mass is 497 g/mol. The fourth-order valence-electron chi connectivity index (χ4n) is 3.96. The second-order valence-electron chi connectivity index (χ2n) is 8.08. The number of hydrogen-bond donors (Lipinski definition) is 0. The number of hydrogen-bond acceptors (Lipinski definition) is 7. The van der Waals surface area contributed by atoms with Crippen molar-refractivity contribution in [3.8, 4) is 0 Å². The van der Waals surface area contributed by atoms with Gasteiger partial charge in [0, 0.05) is 42.2 Å². The second-order valence-corrected chi connectivity index (χ2v) is 10.7. The topological polar surface area (TPSA) is 109 Å². The Hall–Kier alpha value is -2.43. The minimum atomic E-state index is -3.09. The van der Waals surface area contributed by atoms with E-state index in [1.807, 2.05) is 18.4 Å². The average molecular weight is 498 g/mol. The molecule has 1 unspecified atom stereocenters. The van der Waals surface area contributed by atoms with Gasteiger partial charge in [-0.2, -0.15) is 5.10 Å². The van der Waals surface area contributed by atoms with Crippen molar-refractivity contribution in [3.05, 3.63) is 45.5 Å². The molecule has 1 atom stereocenters. The maximum Gasteiger partial charge on any atom is 0.331 e. The highest BCUT2D eigenvalue weighted by Crippen LogP contribution is 2.30. The van der Waals surface area contributed by atoms with Gasteiger partial charge in [0.25, 0.3) is 0 Å². The first-order valence-corrected chi connectivity index (χ1v) is 12.7. The zero-order valence-corrected chi connectivity index (χ0v) is 20.7. The van der Waals surface area contributed by atoms with Crippen LogP contribution < -0.4 is 0 Å². The quantitative estimate of drug-likeness (QED) is 0.297. The number of esters is 1. The number of aryl methyl sites for hydroxylation is 2. The average Bonchev–Trinajstić information content (AvgIpc) is 3.36. The van der Waals surface area contributed by atoms with E-state index < -0.39 is 15.8 Å². The molecule has 180 valence electrons. The number of sulfone groups is 1. The second kappa shape index (κ2) is 10.2. The van der Waals surface area contributed by atoms with Crippen LogP contribution in [0.15, 0.2) is 12.1 Å². The van der Waals surface area contributed by atoms with Gasteiger partial charge in [-0.3, -0.25) is 4.79 Å². The van der Waals surface area contributed by atoms with Gasteiger partial charge in [-0.25, -0.2) is 17.9 Å². The van der Waals surface area contributed by atoms with Gasteiger partial charge >= 0.3 is 5.97 Å². The highest BCUT2D eigenvalue weighted by atomic mass is 35.5. The molecule has 0 amide bonds. The van der Waals surface area contributed by atoms with Crippen molar-refractivity contribution in [2.45, 2.75) is 39.8 Å². The molecule has 1 saturated heterocycles. The third kappa shape index (κ3) is 5.74. The molecule has 2 aromatic rings. The van der Waals surface area contributed by atoms with Crippen molar-refractivity contribution in [2.75, 3.05) is 31.8 Å². The third-order valence-corrected chi connectivity index (χ3v) is 7.88. The van der Waals surface area contributed by atoms with Crippen molar-refractivity contribution in [1.29, 1.82) is 0 Å². The number of rotatable bonds is 9. The molecule has 0 saturated carbocycles. The van der Waals surface area contributed by atoms with Crippen LogP contribution in [0.3, 0.4) is 0 Å². The molecule has 1 aliphatic rings. The molecular weight excluding hydrogens is 470 g/mol. The molecule has 2 aromatic heterocycles. The number of methoxy groups -OCH3 is 1. The predicted octanol–water partition coefficient (Wildman–Crippen LogP) is 2.71. The van der Waals surface area contributed by atoms with Gasteiger partial charge in [0.2, 0.25) is 5.78 Å². The largest absolute Gasteiger partial charge is 0.454 e. The lowest BCUT2D eigenvalue weighted by Gasteiger charge is -2.09. The van der Waals surface area contributed by atoms with Crippen LogP contribution in [0.1, 0.15) is 45.5 Å². The summed E-state index contributed by atoms with van der Waals surface area (Å²) in [5.74, 6) is -0.887. The molecule has 33 heavy (non-hydrogen) atoms. The van der Waals surface area contributed by atoms with Crippen molar-refractivity contribution >= 4 is 39.3 Å².